The van der Waals surface area contributed by atoms with Crippen LogP contribution in [0.25, 0.3) is 6.08 Å². The highest BCUT2D eigenvalue weighted by atomic mass is 16.5. The van der Waals surface area contributed by atoms with Crippen molar-refractivity contribution in [2.75, 3.05) is 39.9 Å². The Bertz CT molecular complexity index is 687. The van der Waals surface area contributed by atoms with Gasteiger partial charge in [-0.3, -0.25) is 14.5 Å². The molecule has 1 heterocycles. The van der Waals surface area contributed by atoms with E-state index in [0.29, 0.717) is 12.1 Å². The molecule has 1 aromatic carbocycles. The smallest absolute Gasteiger partial charge is 0.251 e. The summed E-state index contributed by atoms with van der Waals surface area (Å²) in [5.41, 5.74) is 1.57. The van der Waals surface area contributed by atoms with Crippen molar-refractivity contribution >= 4 is 17.9 Å². The number of hydrogen-bond acceptors (Lipinski definition) is 4. The Hall–Kier alpha value is -2.18. The number of ether oxygens (including phenoxy) is 1. The number of amides is 2. The van der Waals surface area contributed by atoms with Crippen molar-refractivity contribution in [3.8, 4) is 0 Å². The van der Waals surface area contributed by atoms with Crippen LogP contribution >= 0.6 is 0 Å². The lowest BCUT2D eigenvalue weighted by Crippen LogP contribution is -2.59. The number of carbonyl (C=O) groups excluding carboxylic acids is 2. The van der Waals surface area contributed by atoms with Crippen LogP contribution in [0, 0.1) is 0 Å². The fraction of sp³-hybridized carbons (Fsp3) is 0.545. The molecule has 0 bridgehead atoms. The van der Waals surface area contributed by atoms with Gasteiger partial charge in [0.15, 0.2) is 0 Å². The second-order valence-electron chi connectivity index (χ2n) is 7.64. The molecule has 0 radical (unpaired) electrons. The highest BCUT2D eigenvalue weighted by Crippen LogP contribution is 2.33. The van der Waals surface area contributed by atoms with Crippen LogP contribution < -0.4 is 10.6 Å². The molecule has 152 valence electrons. The van der Waals surface area contributed by atoms with Crippen molar-refractivity contribution in [3.63, 3.8) is 0 Å². The van der Waals surface area contributed by atoms with Crippen molar-refractivity contribution in [1.82, 2.24) is 15.5 Å². The number of carbonyl (C=O) groups is 2. The molecular weight excluding hydrogens is 354 g/mol. The first-order valence-electron chi connectivity index (χ1n) is 10.2. The van der Waals surface area contributed by atoms with Crippen LogP contribution in [0.3, 0.4) is 0 Å². The minimum atomic E-state index is -0.117. The van der Waals surface area contributed by atoms with Gasteiger partial charge in [0.1, 0.15) is 0 Å². The van der Waals surface area contributed by atoms with Crippen LogP contribution in [0.2, 0.25) is 0 Å². The molecule has 2 amide bonds. The molecule has 3 rings (SSSR count). The van der Waals surface area contributed by atoms with Gasteiger partial charge in [-0.25, -0.2) is 0 Å². The maximum atomic E-state index is 12.4. The third-order valence-electron chi connectivity index (χ3n) is 5.88. The topological polar surface area (TPSA) is 70.7 Å². The third kappa shape index (κ3) is 5.20. The van der Waals surface area contributed by atoms with E-state index in [2.05, 4.69) is 15.5 Å². The lowest BCUT2D eigenvalue weighted by molar-refractivity contribution is -0.117. The lowest BCUT2D eigenvalue weighted by Gasteiger charge is -2.48. The van der Waals surface area contributed by atoms with Gasteiger partial charge >= 0.3 is 0 Å². The average molecular weight is 386 g/mol. The number of rotatable bonds is 6. The van der Waals surface area contributed by atoms with E-state index in [1.54, 1.807) is 31.3 Å². The summed E-state index contributed by atoms with van der Waals surface area (Å²) >= 11 is 0. The van der Waals surface area contributed by atoms with Gasteiger partial charge in [-0.1, -0.05) is 31.4 Å². The predicted molar refractivity (Wildman–Crippen MR) is 110 cm³/mol. The zero-order chi connectivity index (χ0) is 19.8. The minimum Gasteiger partial charge on any atom is -0.379 e. The Morgan fingerprint density at radius 1 is 1.11 bits per heavy atom. The summed E-state index contributed by atoms with van der Waals surface area (Å²) in [4.78, 5) is 26.5. The van der Waals surface area contributed by atoms with Gasteiger partial charge in [-0.2, -0.15) is 0 Å². The summed E-state index contributed by atoms with van der Waals surface area (Å²) in [5.74, 6) is -0.192. The Morgan fingerprint density at radius 2 is 1.79 bits per heavy atom. The lowest BCUT2D eigenvalue weighted by atomic mass is 9.79. The van der Waals surface area contributed by atoms with Gasteiger partial charge < -0.3 is 15.4 Å². The third-order valence-corrected chi connectivity index (χ3v) is 5.88. The molecule has 6 nitrogen and oxygen atoms in total. The fourth-order valence-corrected chi connectivity index (χ4v) is 4.22. The minimum absolute atomic E-state index is 0.0701. The molecule has 0 unspecified atom stereocenters. The summed E-state index contributed by atoms with van der Waals surface area (Å²) in [5, 5.41) is 5.72. The van der Waals surface area contributed by atoms with Crippen molar-refractivity contribution < 1.29 is 14.3 Å². The van der Waals surface area contributed by atoms with E-state index in [1.807, 2.05) is 12.1 Å². The molecule has 0 aromatic heterocycles. The molecule has 2 aliphatic rings. The fourth-order valence-electron chi connectivity index (χ4n) is 4.22. The van der Waals surface area contributed by atoms with Gasteiger partial charge in [0.05, 0.1) is 13.2 Å². The number of nitrogens with one attached hydrogen (secondary N) is 2. The molecule has 1 aliphatic carbocycles. The van der Waals surface area contributed by atoms with Gasteiger partial charge in [-0.15, -0.1) is 0 Å². The van der Waals surface area contributed by atoms with E-state index < -0.39 is 0 Å². The van der Waals surface area contributed by atoms with Crippen molar-refractivity contribution in [2.45, 2.75) is 37.6 Å². The highest BCUT2D eigenvalue weighted by molar-refractivity contribution is 5.94. The Morgan fingerprint density at radius 3 is 2.43 bits per heavy atom. The molecular formula is C22H31N3O3. The van der Waals surface area contributed by atoms with Gasteiger partial charge in [0, 0.05) is 43.9 Å². The Balaban J connectivity index is 1.57. The first-order valence-corrected chi connectivity index (χ1v) is 10.2. The Kier molecular flexibility index (Phi) is 7.23. The molecule has 2 N–H and O–H groups in total. The molecule has 28 heavy (non-hydrogen) atoms. The molecule has 2 fully saturated rings. The zero-order valence-corrected chi connectivity index (χ0v) is 16.7. The van der Waals surface area contributed by atoms with Crippen LogP contribution in [-0.2, 0) is 9.53 Å². The number of morpholine rings is 1. The molecule has 6 heteroatoms. The second kappa shape index (κ2) is 9.85. The SMILES string of the molecule is CNC(=O)c1ccc(/C=C/C(=O)NCC2(N3CCOCC3)CCCCC2)cc1. The number of hydrogen-bond donors (Lipinski definition) is 2. The van der Waals surface area contributed by atoms with Gasteiger partial charge in [0.2, 0.25) is 5.91 Å². The van der Waals surface area contributed by atoms with Crippen LogP contribution in [0.4, 0.5) is 0 Å². The Labute approximate surface area is 167 Å². The van der Waals surface area contributed by atoms with Crippen molar-refractivity contribution in [3.05, 3.63) is 41.5 Å². The monoisotopic (exact) mass is 385 g/mol. The first kappa shape index (κ1) is 20.6. The summed E-state index contributed by atoms with van der Waals surface area (Å²) in [7, 11) is 1.61. The van der Waals surface area contributed by atoms with Crippen LogP contribution in [0.15, 0.2) is 30.3 Å². The summed E-state index contributed by atoms with van der Waals surface area (Å²) in [6, 6.07) is 7.19. The normalized spacial score (nSPS) is 20.0. The largest absolute Gasteiger partial charge is 0.379 e. The second-order valence-corrected chi connectivity index (χ2v) is 7.64. The quantitative estimate of drug-likeness (QED) is 0.737. The van der Waals surface area contributed by atoms with Gasteiger partial charge in [-0.05, 0) is 36.6 Å². The van der Waals surface area contributed by atoms with Gasteiger partial charge in [0.25, 0.3) is 5.91 Å². The van der Waals surface area contributed by atoms with Crippen LogP contribution in [0.1, 0.15) is 48.0 Å². The predicted octanol–water partition coefficient (Wildman–Crippen LogP) is 2.21. The molecule has 1 aliphatic heterocycles. The summed E-state index contributed by atoms with van der Waals surface area (Å²) in [6.45, 7) is 4.14. The van der Waals surface area contributed by atoms with E-state index in [0.717, 1.165) is 44.7 Å². The van der Waals surface area contributed by atoms with Crippen LogP contribution in [-0.4, -0.2) is 62.1 Å². The standard InChI is InChI=1S/C22H31N3O3/c1-23-21(27)19-8-5-18(6-9-19)7-10-20(26)24-17-22(11-3-2-4-12-22)25-13-15-28-16-14-25/h5-10H,2-4,11-17H2,1H3,(H,23,27)(H,24,26)/b10-7+. The van der Waals surface area contributed by atoms with Crippen LogP contribution in [0.5, 0.6) is 0 Å². The van der Waals surface area contributed by atoms with E-state index in [4.69, 9.17) is 4.74 Å². The molecule has 1 saturated carbocycles. The van der Waals surface area contributed by atoms with E-state index in [-0.39, 0.29) is 17.4 Å². The molecule has 0 atom stereocenters. The van der Waals surface area contributed by atoms with Crippen molar-refractivity contribution in [2.24, 2.45) is 0 Å². The molecule has 0 spiro atoms. The van der Waals surface area contributed by atoms with Crippen molar-refractivity contribution in [1.29, 1.82) is 0 Å². The van der Waals surface area contributed by atoms with E-state index >= 15 is 0 Å². The maximum absolute atomic E-state index is 12.4. The zero-order valence-electron chi connectivity index (χ0n) is 16.7. The molecule has 1 aromatic rings. The summed E-state index contributed by atoms with van der Waals surface area (Å²) in [6.07, 6.45) is 9.36. The summed E-state index contributed by atoms with van der Waals surface area (Å²) < 4.78 is 5.51. The average Bonchev–Trinajstić information content (AvgIpc) is 2.77. The highest BCUT2D eigenvalue weighted by Gasteiger charge is 2.38. The molecule has 1 saturated heterocycles. The maximum Gasteiger partial charge on any atom is 0.251 e. The van der Waals surface area contributed by atoms with E-state index in [9.17, 15) is 9.59 Å². The first-order chi connectivity index (χ1) is 13.6. The number of benzene rings is 1. The van der Waals surface area contributed by atoms with E-state index in [1.165, 1.54) is 19.3 Å². The number of nitrogens with zero attached hydrogens (tertiary/aromatic N) is 1.